The van der Waals surface area contributed by atoms with Crippen molar-refractivity contribution in [3.8, 4) is 0 Å². The van der Waals surface area contributed by atoms with E-state index in [0.29, 0.717) is 0 Å². The molecule has 0 radical (unpaired) electrons. The average Bonchev–Trinajstić information content (AvgIpc) is 2.63. The van der Waals surface area contributed by atoms with Crippen LogP contribution in [0.5, 0.6) is 0 Å². The number of anilines is 1. The van der Waals surface area contributed by atoms with Gasteiger partial charge in [-0.2, -0.15) is 0 Å². The Labute approximate surface area is 111 Å². The zero-order valence-electron chi connectivity index (χ0n) is 11.6. The van der Waals surface area contributed by atoms with Crippen LogP contribution in [-0.4, -0.2) is 18.2 Å². The predicted molar refractivity (Wildman–Crippen MR) is 76.9 cm³/mol. The highest BCUT2D eigenvalue weighted by Gasteiger charge is 2.18. The van der Waals surface area contributed by atoms with Crippen LogP contribution in [0.4, 0.5) is 5.69 Å². The quantitative estimate of drug-likeness (QED) is 0.879. The van der Waals surface area contributed by atoms with Crippen LogP contribution in [0.1, 0.15) is 51.2 Å². The maximum atomic E-state index is 9.88. The molecule has 1 aromatic rings. The zero-order chi connectivity index (χ0) is 13.0. The first kappa shape index (κ1) is 13.4. The fourth-order valence-electron chi connectivity index (χ4n) is 2.94. The van der Waals surface area contributed by atoms with Crippen molar-refractivity contribution in [2.24, 2.45) is 5.92 Å². The maximum absolute atomic E-state index is 9.88. The second-order valence-electron chi connectivity index (χ2n) is 5.43. The van der Waals surface area contributed by atoms with Gasteiger partial charge in [-0.3, -0.25) is 0 Å². The lowest BCUT2D eigenvalue weighted by atomic mass is 9.98. The van der Waals surface area contributed by atoms with Crippen molar-refractivity contribution in [2.45, 2.75) is 45.6 Å². The summed E-state index contributed by atoms with van der Waals surface area (Å²) in [5, 5.41) is 9.88. The maximum Gasteiger partial charge on any atom is 0.0781 e. The Morgan fingerprint density at radius 2 is 2.06 bits per heavy atom. The van der Waals surface area contributed by atoms with E-state index in [9.17, 15) is 5.11 Å². The normalized spacial score (nSPS) is 22.6. The molecule has 1 aliphatic heterocycles. The molecule has 1 saturated heterocycles. The number of aliphatic hydroxyl groups is 1. The van der Waals surface area contributed by atoms with Gasteiger partial charge in [0.25, 0.3) is 0 Å². The third kappa shape index (κ3) is 3.05. The summed E-state index contributed by atoms with van der Waals surface area (Å²) in [6, 6.07) is 8.28. The van der Waals surface area contributed by atoms with Crippen molar-refractivity contribution < 1.29 is 5.11 Å². The molecule has 0 aromatic heterocycles. The predicted octanol–water partition coefficient (Wildman–Crippen LogP) is 3.76. The highest BCUT2D eigenvalue weighted by atomic mass is 16.3. The second kappa shape index (κ2) is 6.24. The molecule has 0 bridgehead atoms. The number of nitrogens with zero attached hydrogens (tertiary/aromatic N) is 1. The lowest BCUT2D eigenvalue weighted by Gasteiger charge is -2.26. The van der Waals surface area contributed by atoms with E-state index >= 15 is 0 Å². The van der Waals surface area contributed by atoms with Crippen molar-refractivity contribution in [1.82, 2.24) is 0 Å². The molecule has 1 heterocycles. The van der Waals surface area contributed by atoms with Gasteiger partial charge in [-0.1, -0.05) is 31.5 Å². The van der Waals surface area contributed by atoms with Crippen LogP contribution >= 0.6 is 0 Å². The first-order valence-corrected chi connectivity index (χ1v) is 7.24. The molecule has 1 N–H and O–H groups in total. The Bertz CT molecular complexity index is 375. The lowest BCUT2D eigenvalue weighted by Crippen LogP contribution is -2.25. The first-order valence-electron chi connectivity index (χ1n) is 7.24. The van der Waals surface area contributed by atoms with Crippen LogP contribution in [-0.2, 0) is 0 Å². The fourth-order valence-corrected chi connectivity index (χ4v) is 2.94. The molecule has 0 saturated carbocycles. The minimum Gasteiger partial charge on any atom is -0.389 e. The smallest absolute Gasteiger partial charge is 0.0781 e. The van der Waals surface area contributed by atoms with Crippen LogP contribution < -0.4 is 4.90 Å². The highest BCUT2D eigenvalue weighted by Crippen LogP contribution is 2.29. The molecule has 1 unspecified atom stereocenters. The topological polar surface area (TPSA) is 23.5 Å². The van der Waals surface area contributed by atoms with Crippen molar-refractivity contribution in [1.29, 1.82) is 0 Å². The van der Waals surface area contributed by atoms with E-state index in [4.69, 9.17) is 0 Å². The van der Waals surface area contributed by atoms with E-state index in [0.717, 1.165) is 24.6 Å². The van der Waals surface area contributed by atoms with Crippen LogP contribution in [0.3, 0.4) is 0 Å². The van der Waals surface area contributed by atoms with Gasteiger partial charge in [0, 0.05) is 24.3 Å². The molecule has 2 heteroatoms. The van der Waals surface area contributed by atoms with Gasteiger partial charge in [-0.05, 0) is 38.2 Å². The molecule has 2 nitrogen and oxygen atoms in total. The highest BCUT2D eigenvalue weighted by molar-refractivity contribution is 5.54. The van der Waals surface area contributed by atoms with Crippen LogP contribution in [0, 0.1) is 5.92 Å². The molecule has 2 rings (SSSR count). The molecule has 0 amide bonds. The van der Waals surface area contributed by atoms with Gasteiger partial charge in [0.15, 0.2) is 0 Å². The molecule has 100 valence electrons. The third-order valence-electron chi connectivity index (χ3n) is 4.15. The summed E-state index contributed by atoms with van der Waals surface area (Å²) >= 11 is 0. The summed E-state index contributed by atoms with van der Waals surface area (Å²) < 4.78 is 0. The van der Waals surface area contributed by atoms with E-state index in [1.165, 1.54) is 31.4 Å². The van der Waals surface area contributed by atoms with E-state index < -0.39 is 0 Å². The standard InChI is InChI=1S/C16H25NO/c1-3-14-7-6-11-17(12-10-14)16-9-5-4-8-15(16)13(2)18/h4-5,8-9,13-14,18H,3,6-7,10-12H2,1-2H3/t13-,14?/m1/s1. The van der Waals surface area contributed by atoms with Crippen LogP contribution in [0.25, 0.3) is 0 Å². The van der Waals surface area contributed by atoms with Crippen molar-refractivity contribution in [3.05, 3.63) is 29.8 Å². The molecule has 1 fully saturated rings. The van der Waals surface area contributed by atoms with Crippen LogP contribution in [0.15, 0.2) is 24.3 Å². The van der Waals surface area contributed by atoms with E-state index in [2.05, 4.69) is 24.0 Å². The first-order chi connectivity index (χ1) is 8.72. The molecular formula is C16H25NO. The Kier molecular flexibility index (Phi) is 4.65. The molecule has 1 aromatic carbocycles. The number of para-hydroxylation sites is 1. The molecule has 2 atom stereocenters. The van der Waals surface area contributed by atoms with E-state index in [-0.39, 0.29) is 6.10 Å². The number of aliphatic hydroxyl groups excluding tert-OH is 1. The second-order valence-corrected chi connectivity index (χ2v) is 5.43. The Hall–Kier alpha value is -1.02. The zero-order valence-corrected chi connectivity index (χ0v) is 11.6. The minimum atomic E-state index is -0.383. The molecule has 0 spiro atoms. The number of benzene rings is 1. The van der Waals surface area contributed by atoms with Crippen LogP contribution in [0.2, 0.25) is 0 Å². The lowest BCUT2D eigenvalue weighted by molar-refractivity contribution is 0.199. The molecule has 0 aliphatic carbocycles. The van der Waals surface area contributed by atoms with Crippen molar-refractivity contribution in [2.75, 3.05) is 18.0 Å². The van der Waals surface area contributed by atoms with E-state index in [1.54, 1.807) is 0 Å². The summed E-state index contributed by atoms with van der Waals surface area (Å²) in [6.45, 7) is 6.40. The summed E-state index contributed by atoms with van der Waals surface area (Å²) in [5.41, 5.74) is 2.29. The minimum absolute atomic E-state index is 0.383. The van der Waals surface area contributed by atoms with Gasteiger partial charge in [0.2, 0.25) is 0 Å². The molecule has 1 aliphatic rings. The molecule has 18 heavy (non-hydrogen) atoms. The van der Waals surface area contributed by atoms with Gasteiger partial charge in [-0.25, -0.2) is 0 Å². The SMILES string of the molecule is CCC1CCCN(c2ccccc2[C@@H](C)O)CC1. The van der Waals surface area contributed by atoms with Gasteiger partial charge in [0.05, 0.1) is 6.10 Å². The van der Waals surface area contributed by atoms with Gasteiger partial charge in [0.1, 0.15) is 0 Å². The van der Waals surface area contributed by atoms with Gasteiger partial charge >= 0.3 is 0 Å². The third-order valence-corrected chi connectivity index (χ3v) is 4.15. The molecular weight excluding hydrogens is 222 g/mol. The monoisotopic (exact) mass is 247 g/mol. The summed E-state index contributed by atoms with van der Waals surface area (Å²) in [6.07, 6.45) is 4.82. The van der Waals surface area contributed by atoms with Gasteiger partial charge < -0.3 is 10.0 Å². The summed E-state index contributed by atoms with van der Waals surface area (Å²) in [7, 11) is 0. The van der Waals surface area contributed by atoms with Crippen molar-refractivity contribution in [3.63, 3.8) is 0 Å². The van der Waals surface area contributed by atoms with Crippen molar-refractivity contribution >= 4 is 5.69 Å². The Balaban J connectivity index is 2.16. The largest absolute Gasteiger partial charge is 0.389 e. The number of hydrogen-bond acceptors (Lipinski definition) is 2. The Morgan fingerprint density at radius 3 is 2.78 bits per heavy atom. The van der Waals surface area contributed by atoms with Gasteiger partial charge in [-0.15, -0.1) is 0 Å². The van der Waals surface area contributed by atoms with E-state index in [1.807, 2.05) is 19.1 Å². The average molecular weight is 247 g/mol. The number of hydrogen-bond donors (Lipinski definition) is 1. The number of rotatable bonds is 3. The Morgan fingerprint density at radius 1 is 1.28 bits per heavy atom. The summed E-state index contributed by atoms with van der Waals surface area (Å²) in [4.78, 5) is 2.46. The summed E-state index contributed by atoms with van der Waals surface area (Å²) in [5.74, 6) is 0.883. The fraction of sp³-hybridized carbons (Fsp3) is 0.625.